The van der Waals surface area contributed by atoms with Gasteiger partial charge in [-0.1, -0.05) is 48.0 Å². The molecule has 0 aliphatic heterocycles. The van der Waals surface area contributed by atoms with Gasteiger partial charge in [0.25, 0.3) is 0 Å². The first-order valence-corrected chi connectivity index (χ1v) is 9.85. The topological polar surface area (TPSA) is 44.8 Å². The first-order valence-electron chi connectivity index (χ1n) is 9.47. The van der Waals surface area contributed by atoms with E-state index in [0.29, 0.717) is 28.9 Å². The zero-order chi connectivity index (χ0) is 21.5. The molecular formula is C25H23ClO4. The van der Waals surface area contributed by atoms with Crippen molar-refractivity contribution in [3.05, 3.63) is 94.0 Å². The average Bonchev–Trinajstić information content (AvgIpc) is 2.75. The zero-order valence-electron chi connectivity index (χ0n) is 17.1. The summed E-state index contributed by atoms with van der Waals surface area (Å²) in [7, 11) is 1.58. The molecule has 3 rings (SSSR count). The van der Waals surface area contributed by atoms with Crippen LogP contribution in [0.4, 0.5) is 0 Å². The maximum atomic E-state index is 12.2. The predicted molar refractivity (Wildman–Crippen MR) is 119 cm³/mol. The molecule has 0 unspecified atom stereocenters. The van der Waals surface area contributed by atoms with E-state index in [1.807, 2.05) is 56.3 Å². The second kappa shape index (κ2) is 9.99. The Balaban J connectivity index is 1.65. The van der Waals surface area contributed by atoms with E-state index in [9.17, 15) is 4.79 Å². The summed E-state index contributed by atoms with van der Waals surface area (Å²) >= 11 is 6.15. The van der Waals surface area contributed by atoms with E-state index < -0.39 is 5.97 Å². The molecule has 4 nitrogen and oxygen atoms in total. The highest BCUT2D eigenvalue weighted by molar-refractivity contribution is 6.32. The largest absolute Gasteiger partial charge is 0.493 e. The van der Waals surface area contributed by atoms with Gasteiger partial charge in [0.1, 0.15) is 12.4 Å². The third-order valence-electron chi connectivity index (χ3n) is 4.47. The lowest BCUT2D eigenvalue weighted by Crippen LogP contribution is -2.04. The van der Waals surface area contributed by atoms with Gasteiger partial charge in [0, 0.05) is 11.1 Å². The number of esters is 1. The van der Waals surface area contributed by atoms with Gasteiger partial charge in [-0.2, -0.15) is 0 Å². The van der Waals surface area contributed by atoms with Crippen LogP contribution in [0.5, 0.6) is 17.2 Å². The van der Waals surface area contributed by atoms with Crippen molar-refractivity contribution in [3.8, 4) is 17.2 Å². The zero-order valence-corrected chi connectivity index (χ0v) is 17.9. The van der Waals surface area contributed by atoms with Crippen molar-refractivity contribution in [1.82, 2.24) is 0 Å². The number of hydrogen-bond donors (Lipinski definition) is 0. The number of methoxy groups -OCH3 is 1. The number of hydrogen-bond acceptors (Lipinski definition) is 4. The SMILES string of the molecule is COc1cc(/C=C/C(=O)Oc2cc(C)c(Cl)c(C)c2)ccc1OCc1ccccc1. The summed E-state index contributed by atoms with van der Waals surface area (Å²) in [5.41, 5.74) is 3.58. The third kappa shape index (κ3) is 5.65. The molecule has 3 aromatic rings. The number of halogens is 1. The summed E-state index contributed by atoms with van der Waals surface area (Å²) < 4.78 is 16.7. The Morgan fingerprint density at radius 1 is 0.967 bits per heavy atom. The normalized spacial score (nSPS) is 10.8. The fraction of sp³-hybridized carbons (Fsp3) is 0.160. The second-order valence-electron chi connectivity index (χ2n) is 6.81. The molecular weight excluding hydrogens is 400 g/mol. The summed E-state index contributed by atoms with van der Waals surface area (Å²) in [6.07, 6.45) is 3.04. The molecule has 0 N–H and O–H groups in total. The highest BCUT2D eigenvalue weighted by Gasteiger charge is 2.08. The molecule has 30 heavy (non-hydrogen) atoms. The standard InChI is InChI=1S/C25H23ClO4/c1-17-13-21(14-18(2)25(17)26)30-24(27)12-10-19-9-11-22(23(15-19)28-3)29-16-20-7-5-4-6-8-20/h4-15H,16H2,1-3H3/b12-10+. The summed E-state index contributed by atoms with van der Waals surface area (Å²) in [6.45, 7) is 4.19. The number of carbonyl (C=O) groups excluding carboxylic acids is 1. The maximum absolute atomic E-state index is 12.2. The van der Waals surface area contributed by atoms with Crippen molar-refractivity contribution in [2.75, 3.05) is 7.11 Å². The van der Waals surface area contributed by atoms with E-state index in [0.717, 1.165) is 22.3 Å². The summed E-state index contributed by atoms with van der Waals surface area (Å²) in [4.78, 5) is 12.2. The van der Waals surface area contributed by atoms with Crippen LogP contribution in [0.2, 0.25) is 5.02 Å². The minimum absolute atomic E-state index is 0.443. The van der Waals surface area contributed by atoms with Gasteiger partial charge in [-0.3, -0.25) is 0 Å². The average molecular weight is 423 g/mol. The fourth-order valence-electron chi connectivity index (χ4n) is 2.92. The molecule has 0 saturated heterocycles. The molecule has 3 aromatic carbocycles. The number of aryl methyl sites for hydroxylation is 2. The first kappa shape index (κ1) is 21.5. The molecule has 0 radical (unpaired) electrons. The third-order valence-corrected chi connectivity index (χ3v) is 5.06. The van der Waals surface area contributed by atoms with E-state index >= 15 is 0 Å². The Labute approximate surface area is 181 Å². The number of ether oxygens (including phenoxy) is 3. The number of benzene rings is 3. The van der Waals surface area contributed by atoms with Crippen LogP contribution in [0.25, 0.3) is 6.08 Å². The minimum Gasteiger partial charge on any atom is -0.493 e. The van der Waals surface area contributed by atoms with Crippen molar-refractivity contribution in [3.63, 3.8) is 0 Å². The van der Waals surface area contributed by atoms with Crippen LogP contribution < -0.4 is 14.2 Å². The second-order valence-corrected chi connectivity index (χ2v) is 7.19. The Kier molecular flexibility index (Phi) is 7.15. The van der Waals surface area contributed by atoms with Gasteiger partial charge in [0.2, 0.25) is 0 Å². The van der Waals surface area contributed by atoms with Gasteiger partial charge in [0.15, 0.2) is 11.5 Å². The van der Waals surface area contributed by atoms with Gasteiger partial charge >= 0.3 is 5.97 Å². The molecule has 0 heterocycles. The molecule has 0 aliphatic carbocycles. The van der Waals surface area contributed by atoms with Crippen molar-refractivity contribution in [2.45, 2.75) is 20.5 Å². The van der Waals surface area contributed by atoms with Crippen molar-refractivity contribution in [1.29, 1.82) is 0 Å². The van der Waals surface area contributed by atoms with Crippen LogP contribution >= 0.6 is 11.6 Å². The molecule has 0 bridgehead atoms. The van der Waals surface area contributed by atoms with Crippen molar-refractivity contribution in [2.24, 2.45) is 0 Å². The Morgan fingerprint density at radius 2 is 1.67 bits per heavy atom. The molecule has 0 atom stereocenters. The predicted octanol–water partition coefficient (Wildman–Crippen LogP) is 6.16. The van der Waals surface area contributed by atoms with Gasteiger partial charge in [-0.25, -0.2) is 4.79 Å². The van der Waals surface area contributed by atoms with Gasteiger partial charge in [-0.05, 0) is 66.4 Å². The lowest BCUT2D eigenvalue weighted by atomic mass is 10.1. The lowest BCUT2D eigenvalue weighted by molar-refractivity contribution is -0.128. The van der Waals surface area contributed by atoms with Gasteiger partial charge < -0.3 is 14.2 Å². The fourth-order valence-corrected chi connectivity index (χ4v) is 3.03. The van der Waals surface area contributed by atoms with Crippen LogP contribution in [0.15, 0.2) is 66.7 Å². The molecule has 0 amide bonds. The Morgan fingerprint density at radius 3 is 2.33 bits per heavy atom. The van der Waals surface area contributed by atoms with Crippen LogP contribution in [0.3, 0.4) is 0 Å². The van der Waals surface area contributed by atoms with E-state index in [4.69, 9.17) is 25.8 Å². The molecule has 0 spiro atoms. The maximum Gasteiger partial charge on any atom is 0.336 e. The molecule has 0 fully saturated rings. The van der Waals surface area contributed by atoms with Crippen molar-refractivity contribution < 1.29 is 19.0 Å². The van der Waals surface area contributed by atoms with Crippen LogP contribution in [-0.2, 0) is 11.4 Å². The van der Waals surface area contributed by atoms with E-state index in [2.05, 4.69) is 0 Å². The van der Waals surface area contributed by atoms with Crippen molar-refractivity contribution >= 4 is 23.6 Å². The summed E-state index contributed by atoms with van der Waals surface area (Å²) in [6, 6.07) is 18.9. The molecule has 0 aliphatic rings. The number of carbonyl (C=O) groups is 1. The Bertz CT molecular complexity index is 1030. The minimum atomic E-state index is -0.473. The highest BCUT2D eigenvalue weighted by Crippen LogP contribution is 2.29. The summed E-state index contributed by atoms with van der Waals surface area (Å²) in [5, 5.41) is 0.673. The Hall–Kier alpha value is -3.24. The first-order chi connectivity index (χ1) is 14.5. The lowest BCUT2D eigenvalue weighted by Gasteiger charge is -2.11. The van der Waals surface area contributed by atoms with Gasteiger partial charge in [0.05, 0.1) is 7.11 Å². The monoisotopic (exact) mass is 422 g/mol. The van der Waals surface area contributed by atoms with Crippen LogP contribution in [0, 0.1) is 13.8 Å². The quantitative estimate of drug-likeness (QED) is 0.260. The van der Waals surface area contributed by atoms with Gasteiger partial charge in [-0.15, -0.1) is 0 Å². The van der Waals surface area contributed by atoms with Crippen LogP contribution in [0.1, 0.15) is 22.3 Å². The molecule has 154 valence electrons. The number of rotatable bonds is 7. The van der Waals surface area contributed by atoms with E-state index in [1.54, 1.807) is 31.4 Å². The molecule has 5 heteroatoms. The highest BCUT2D eigenvalue weighted by atomic mass is 35.5. The van der Waals surface area contributed by atoms with Crippen LogP contribution in [-0.4, -0.2) is 13.1 Å². The molecule has 0 saturated carbocycles. The molecule has 0 aromatic heterocycles. The summed E-state index contributed by atoms with van der Waals surface area (Å²) in [5.74, 6) is 1.21. The van der Waals surface area contributed by atoms with E-state index in [-0.39, 0.29) is 0 Å². The smallest absolute Gasteiger partial charge is 0.336 e. The van der Waals surface area contributed by atoms with E-state index in [1.165, 1.54) is 6.08 Å².